The van der Waals surface area contributed by atoms with Gasteiger partial charge in [-0.3, -0.25) is 4.79 Å². The fourth-order valence-corrected chi connectivity index (χ4v) is 4.06. The lowest BCUT2D eigenvalue weighted by Crippen LogP contribution is -2.24. The van der Waals surface area contributed by atoms with Gasteiger partial charge in [0.2, 0.25) is 5.91 Å². The highest BCUT2D eigenvalue weighted by Crippen LogP contribution is 2.26. The molecule has 1 aromatic rings. The third kappa shape index (κ3) is 4.88. The number of carbonyl (C=O) groups is 1. The second-order valence-electron chi connectivity index (χ2n) is 4.18. The molecular formula is C11H19N3O3S2. The minimum Gasteiger partial charge on any atom is -0.302 e. The van der Waals surface area contributed by atoms with Crippen LogP contribution in [0.5, 0.6) is 0 Å². The number of aryl methyl sites for hydroxylation is 1. The number of nitrogens with zero attached hydrogens (tertiary/aromatic N) is 1. The van der Waals surface area contributed by atoms with Gasteiger partial charge in [0.1, 0.15) is 0 Å². The van der Waals surface area contributed by atoms with Gasteiger partial charge < -0.3 is 5.32 Å². The molecule has 0 saturated heterocycles. The SMILES string of the molecule is CCCCCNS(=O)(=O)c1sc(NC(C)=O)nc1C. The fourth-order valence-electron chi connectivity index (χ4n) is 1.48. The number of rotatable bonds is 7. The van der Waals surface area contributed by atoms with Crippen LogP contribution in [0, 0.1) is 6.92 Å². The minimum atomic E-state index is -3.53. The summed E-state index contributed by atoms with van der Waals surface area (Å²) >= 11 is 0.965. The van der Waals surface area contributed by atoms with E-state index >= 15 is 0 Å². The molecule has 0 saturated carbocycles. The van der Waals surface area contributed by atoms with Gasteiger partial charge in [0, 0.05) is 13.5 Å². The molecule has 0 bridgehead atoms. The number of hydrogen-bond acceptors (Lipinski definition) is 5. The number of aromatic nitrogens is 1. The fraction of sp³-hybridized carbons (Fsp3) is 0.636. The van der Waals surface area contributed by atoms with E-state index in [1.165, 1.54) is 6.92 Å². The van der Waals surface area contributed by atoms with Crippen molar-refractivity contribution in [3.8, 4) is 0 Å². The monoisotopic (exact) mass is 305 g/mol. The van der Waals surface area contributed by atoms with E-state index in [2.05, 4.69) is 21.9 Å². The van der Waals surface area contributed by atoms with Crippen molar-refractivity contribution in [1.82, 2.24) is 9.71 Å². The molecule has 0 spiro atoms. The van der Waals surface area contributed by atoms with Gasteiger partial charge in [0.25, 0.3) is 10.0 Å². The first-order valence-corrected chi connectivity index (χ1v) is 8.41. The van der Waals surface area contributed by atoms with Crippen molar-refractivity contribution in [2.24, 2.45) is 0 Å². The molecule has 19 heavy (non-hydrogen) atoms. The normalized spacial score (nSPS) is 11.5. The standard InChI is InChI=1S/C11H19N3O3S2/c1-4-5-6-7-12-19(16,17)10-8(2)13-11(18-10)14-9(3)15/h12H,4-7H2,1-3H3,(H,13,14,15). The van der Waals surface area contributed by atoms with E-state index in [0.717, 1.165) is 30.6 Å². The third-order valence-electron chi connectivity index (χ3n) is 2.35. The first-order valence-electron chi connectivity index (χ1n) is 6.11. The average Bonchev–Trinajstić information content (AvgIpc) is 2.65. The summed E-state index contributed by atoms with van der Waals surface area (Å²) in [6.07, 6.45) is 2.83. The van der Waals surface area contributed by atoms with Gasteiger partial charge in [-0.05, 0) is 13.3 Å². The number of amides is 1. The van der Waals surface area contributed by atoms with Gasteiger partial charge in [-0.1, -0.05) is 31.1 Å². The zero-order chi connectivity index (χ0) is 14.5. The summed E-state index contributed by atoms with van der Waals surface area (Å²) in [6, 6.07) is 0. The van der Waals surface area contributed by atoms with Crippen molar-refractivity contribution in [2.45, 2.75) is 44.2 Å². The highest BCUT2D eigenvalue weighted by atomic mass is 32.2. The second-order valence-corrected chi connectivity index (χ2v) is 7.14. The van der Waals surface area contributed by atoms with Gasteiger partial charge in [-0.15, -0.1) is 0 Å². The summed E-state index contributed by atoms with van der Waals surface area (Å²) in [5.74, 6) is -0.270. The first kappa shape index (κ1) is 16.1. The predicted octanol–water partition coefficient (Wildman–Crippen LogP) is 1.88. The maximum Gasteiger partial charge on any atom is 0.252 e. The van der Waals surface area contributed by atoms with E-state index in [4.69, 9.17) is 0 Å². The Morgan fingerprint density at radius 2 is 2.05 bits per heavy atom. The molecule has 108 valence electrons. The maximum atomic E-state index is 12.1. The molecule has 1 rings (SSSR count). The van der Waals surface area contributed by atoms with E-state index in [0.29, 0.717) is 17.4 Å². The summed E-state index contributed by atoms with van der Waals surface area (Å²) in [5, 5.41) is 2.80. The van der Waals surface area contributed by atoms with Crippen LogP contribution in [0.2, 0.25) is 0 Å². The Hall–Kier alpha value is -0.990. The van der Waals surface area contributed by atoms with Crippen LogP contribution in [0.4, 0.5) is 5.13 Å². The Morgan fingerprint density at radius 3 is 2.63 bits per heavy atom. The lowest BCUT2D eigenvalue weighted by Gasteiger charge is -2.04. The minimum absolute atomic E-state index is 0.160. The maximum absolute atomic E-state index is 12.1. The van der Waals surface area contributed by atoms with E-state index in [1.807, 2.05) is 0 Å². The van der Waals surface area contributed by atoms with E-state index in [-0.39, 0.29) is 10.1 Å². The molecule has 1 amide bonds. The molecule has 1 aromatic heterocycles. The van der Waals surface area contributed by atoms with Crippen LogP contribution in [-0.2, 0) is 14.8 Å². The zero-order valence-corrected chi connectivity index (χ0v) is 12.9. The Kier molecular flexibility index (Phi) is 5.89. The van der Waals surface area contributed by atoms with E-state index in [9.17, 15) is 13.2 Å². The van der Waals surface area contributed by atoms with Crippen LogP contribution in [0.25, 0.3) is 0 Å². The molecule has 8 heteroatoms. The molecule has 0 atom stereocenters. The Morgan fingerprint density at radius 1 is 1.37 bits per heavy atom. The van der Waals surface area contributed by atoms with E-state index in [1.54, 1.807) is 6.92 Å². The molecule has 0 fully saturated rings. The van der Waals surface area contributed by atoms with Gasteiger partial charge >= 0.3 is 0 Å². The number of carbonyl (C=O) groups excluding carboxylic acids is 1. The smallest absolute Gasteiger partial charge is 0.252 e. The van der Waals surface area contributed by atoms with Crippen LogP contribution < -0.4 is 10.0 Å². The van der Waals surface area contributed by atoms with Gasteiger partial charge in [0.05, 0.1) is 5.69 Å². The van der Waals surface area contributed by atoms with Crippen molar-refractivity contribution in [3.05, 3.63) is 5.69 Å². The van der Waals surface area contributed by atoms with Crippen LogP contribution in [0.3, 0.4) is 0 Å². The Labute approximate surface area is 117 Å². The van der Waals surface area contributed by atoms with Crippen molar-refractivity contribution in [3.63, 3.8) is 0 Å². The van der Waals surface area contributed by atoms with E-state index < -0.39 is 10.0 Å². The lowest BCUT2D eigenvalue weighted by molar-refractivity contribution is -0.114. The van der Waals surface area contributed by atoms with Gasteiger partial charge in [0.15, 0.2) is 9.34 Å². The summed E-state index contributed by atoms with van der Waals surface area (Å²) in [4.78, 5) is 14.9. The highest BCUT2D eigenvalue weighted by Gasteiger charge is 2.21. The predicted molar refractivity (Wildman–Crippen MR) is 75.9 cm³/mol. The van der Waals surface area contributed by atoms with Crippen LogP contribution in [-0.4, -0.2) is 25.9 Å². The van der Waals surface area contributed by atoms with Crippen molar-refractivity contribution in [1.29, 1.82) is 0 Å². The average molecular weight is 305 g/mol. The molecule has 0 radical (unpaired) electrons. The summed E-state index contributed by atoms with van der Waals surface area (Å²) in [5.41, 5.74) is 0.400. The number of unbranched alkanes of at least 4 members (excludes halogenated alkanes) is 2. The Balaban J connectivity index is 2.77. The highest BCUT2D eigenvalue weighted by molar-refractivity contribution is 7.91. The van der Waals surface area contributed by atoms with Crippen LogP contribution >= 0.6 is 11.3 Å². The second kappa shape index (κ2) is 6.97. The first-order chi connectivity index (χ1) is 8.86. The van der Waals surface area contributed by atoms with Crippen LogP contribution in [0.1, 0.15) is 38.8 Å². The van der Waals surface area contributed by atoms with Crippen LogP contribution in [0.15, 0.2) is 4.21 Å². The summed E-state index contributed by atoms with van der Waals surface area (Å²) in [6.45, 7) is 5.45. The third-order valence-corrected chi connectivity index (χ3v) is 5.50. The number of anilines is 1. The molecule has 0 unspecified atom stereocenters. The van der Waals surface area contributed by atoms with Gasteiger partial charge in [-0.2, -0.15) is 0 Å². The van der Waals surface area contributed by atoms with Crippen molar-refractivity contribution in [2.75, 3.05) is 11.9 Å². The molecule has 2 N–H and O–H groups in total. The largest absolute Gasteiger partial charge is 0.302 e. The number of sulfonamides is 1. The number of nitrogens with one attached hydrogen (secondary N) is 2. The quantitative estimate of drug-likeness (QED) is 0.753. The van der Waals surface area contributed by atoms with Crippen molar-refractivity contribution < 1.29 is 13.2 Å². The molecular weight excluding hydrogens is 286 g/mol. The lowest BCUT2D eigenvalue weighted by atomic mass is 10.3. The molecule has 0 aliphatic rings. The molecule has 6 nitrogen and oxygen atoms in total. The van der Waals surface area contributed by atoms with Gasteiger partial charge in [-0.25, -0.2) is 18.1 Å². The molecule has 1 heterocycles. The zero-order valence-electron chi connectivity index (χ0n) is 11.3. The number of hydrogen-bond donors (Lipinski definition) is 2. The molecule has 0 aromatic carbocycles. The number of thiazole rings is 1. The molecule has 0 aliphatic heterocycles. The summed E-state index contributed by atoms with van der Waals surface area (Å²) in [7, 11) is -3.53. The van der Waals surface area contributed by atoms with Crippen molar-refractivity contribution >= 4 is 32.4 Å². The topological polar surface area (TPSA) is 88.2 Å². The Bertz CT molecular complexity index is 537. The summed E-state index contributed by atoms with van der Waals surface area (Å²) < 4.78 is 26.8. The molecule has 0 aliphatic carbocycles.